The van der Waals surface area contributed by atoms with Crippen molar-refractivity contribution in [2.75, 3.05) is 13.2 Å². The molecule has 0 aliphatic rings. The number of rotatable bonds is 60. The summed E-state index contributed by atoms with van der Waals surface area (Å²) in [5.41, 5.74) is 0. The van der Waals surface area contributed by atoms with E-state index in [1.807, 2.05) is 0 Å². The van der Waals surface area contributed by atoms with Gasteiger partial charge in [-0.1, -0.05) is 296 Å². The van der Waals surface area contributed by atoms with Crippen molar-refractivity contribution >= 4 is 17.9 Å². The van der Waals surface area contributed by atoms with Gasteiger partial charge in [0.05, 0.1) is 0 Å². The standard InChI is InChI=1S/C75H124O6/c1-4-7-10-13-16-19-22-25-28-30-31-32-33-34-35-36-37-38-39-40-41-42-43-44-45-46-48-50-53-56-59-62-65-68-74(77)80-71-72(70-79-73(76)67-64-61-58-55-52-49-27-24-21-18-15-12-9-6-3)81-75(78)69-66-63-60-57-54-51-47-29-26-23-20-17-14-11-8-5-2/h7,10,16,19-20,23,25,28-29,31-32,34-35,37-38,40-41,43-44,46-48,72H,4-6,8-9,11-15,17-18,21-22,24,26-27,30,33,36,39,42,45,49-71H2,1-3H3/b10-7-,19-16-,23-20-,28-25-,32-31-,35-34-,38-37-,41-40-,44-43-,47-29-,48-46-. The summed E-state index contributed by atoms with van der Waals surface area (Å²) in [7, 11) is 0. The predicted octanol–water partition coefficient (Wildman–Crippen LogP) is 23.3. The van der Waals surface area contributed by atoms with E-state index in [4.69, 9.17) is 14.2 Å². The molecular formula is C75H124O6. The average molecular weight is 1120 g/mol. The maximum Gasteiger partial charge on any atom is 0.306 e. The lowest BCUT2D eigenvalue weighted by Gasteiger charge is -2.18. The topological polar surface area (TPSA) is 78.9 Å². The minimum atomic E-state index is -0.797. The van der Waals surface area contributed by atoms with Crippen LogP contribution >= 0.6 is 0 Å². The Hall–Kier alpha value is -4.45. The number of hydrogen-bond donors (Lipinski definition) is 0. The SMILES string of the molecule is CC/C=C\C/C=C\C/C=C\C/C=C\C/C=C\C/C=C\C/C=C\C/C=C\C/C=C\CCCCCCCC(=O)OCC(COC(=O)CCCCCCCCCCCCCCCC)OC(=O)CCCCCCC/C=C\C/C=C\CCCCCC. The molecule has 0 aliphatic carbocycles. The van der Waals surface area contributed by atoms with Gasteiger partial charge in [-0.3, -0.25) is 14.4 Å². The van der Waals surface area contributed by atoms with E-state index in [0.717, 1.165) is 161 Å². The third kappa shape index (κ3) is 66.2. The molecule has 0 aromatic rings. The largest absolute Gasteiger partial charge is 0.462 e. The molecule has 0 N–H and O–H groups in total. The molecule has 0 aromatic carbocycles. The van der Waals surface area contributed by atoms with Gasteiger partial charge in [0.15, 0.2) is 6.10 Å². The monoisotopic (exact) mass is 1120 g/mol. The highest BCUT2D eigenvalue weighted by atomic mass is 16.6. The van der Waals surface area contributed by atoms with Crippen LogP contribution in [0.25, 0.3) is 0 Å². The van der Waals surface area contributed by atoms with Crippen molar-refractivity contribution in [3.05, 3.63) is 134 Å². The van der Waals surface area contributed by atoms with Gasteiger partial charge in [-0.25, -0.2) is 0 Å². The van der Waals surface area contributed by atoms with E-state index >= 15 is 0 Å². The Morgan fingerprint density at radius 1 is 0.259 bits per heavy atom. The van der Waals surface area contributed by atoms with Crippen LogP contribution in [0.4, 0.5) is 0 Å². The second-order valence-electron chi connectivity index (χ2n) is 22.0. The van der Waals surface area contributed by atoms with Crippen LogP contribution in [0.1, 0.15) is 303 Å². The molecule has 1 unspecified atom stereocenters. The predicted molar refractivity (Wildman–Crippen MR) is 353 cm³/mol. The first-order chi connectivity index (χ1) is 40.0. The second-order valence-corrected chi connectivity index (χ2v) is 22.0. The quantitative estimate of drug-likeness (QED) is 0.0261. The zero-order valence-electron chi connectivity index (χ0n) is 52.8. The van der Waals surface area contributed by atoms with Gasteiger partial charge in [0.25, 0.3) is 0 Å². The number of allylic oxidation sites excluding steroid dienone is 22. The van der Waals surface area contributed by atoms with Crippen molar-refractivity contribution < 1.29 is 28.6 Å². The van der Waals surface area contributed by atoms with E-state index in [1.165, 1.54) is 103 Å². The Morgan fingerprint density at radius 3 is 0.765 bits per heavy atom. The first kappa shape index (κ1) is 76.5. The van der Waals surface area contributed by atoms with Crippen LogP contribution in [0.2, 0.25) is 0 Å². The van der Waals surface area contributed by atoms with Crippen LogP contribution in [0, 0.1) is 0 Å². The minimum absolute atomic E-state index is 0.0902. The molecule has 0 amide bonds. The van der Waals surface area contributed by atoms with E-state index in [9.17, 15) is 14.4 Å². The lowest BCUT2D eigenvalue weighted by atomic mass is 10.0. The van der Waals surface area contributed by atoms with Crippen molar-refractivity contribution in [3.8, 4) is 0 Å². The van der Waals surface area contributed by atoms with E-state index < -0.39 is 6.10 Å². The van der Waals surface area contributed by atoms with Crippen LogP contribution in [-0.2, 0) is 28.6 Å². The molecule has 0 aromatic heterocycles. The molecule has 0 bridgehead atoms. The van der Waals surface area contributed by atoms with Gasteiger partial charge >= 0.3 is 17.9 Å². The zero-order chi connectivity index (χ0) is 58.5. The fourth-order valence-corrected chi connectivity index (χ4v) is 9.11. The highest BCUT2D eigenvalue weighted by Gasteiger charge is 2.19. The number of carbonyl (C=O) groups is 3. The fraction of sp³-hybridized carbons (Fsp3) is 0.667. The van der Waals surface area contributed by atoms with Gasteiger partial charge in [0, 0.05) is 19.3 Å². The van der Waals surface area contributed by atoms with Gasteiger partial charge < -0.3 is 14.2 Å². The van der Waals surface area contributed by atoms with E-state index in [2.05, 4.69) is 154 Å². The normalized spacial score (nSPS) is 13.0. The molecule has 0 heterocycles. The Kier molecular flexibility index (Phi) is 64.3. The lowest BCUT2D eigenvalue weighted by molar-refractivity contribution is -0.167. The number of esters is 3. The van der Waals surface area contributed by atoms with Gasteiger partial charge in [-0.2, -0.15) is 0 Å². The summed E-state index contributed by atoms with van der Waals surface area (Å²) < 4.78 is 16.9. The molecule has 460 valence electrons. The first-order valence-corrected chi connectivity index (χ1v) is 33.7. The molecule has 0 spiro atoms. The van der Waals surface area contributed by atoms with Gasteiger partial charge in [0.1, 0.15) is 13.2 Å². The Morgan fingerprint density at radius 2 is 0.481 bits per heavy atom. The summed E-state index contributed by atoms with van der Waals surface area (Å²) in [6.07, 6.45) is 96.0. The Bertz CT molecular complexity index is 1720. The van der Waals surface area contributed by atoms with Crippen LogP contribution in [0.5, 0.6) is 0 Å². The van der Waals surface area contributed by atoms with Gasteiger partial charge in [0.2, 0.25) is 0 Å². The molecule has 0 radical (unpaired) electrons. The van der Waals surface area contributed by atoms with Gasteiger partial charge in [-0.15, -0.1) is 0 Å². The highest BCUT2D eigenvalue weighted by Crippen LogP contribution is 2.16. The zero-order valence-corrected chi connectivity index (χ0v) is 52.8. The molecule has 0 fully saturated rings. The average Bonchev–Trinajstić information content (AvgIpc) is 3.47. The third-order valence-corrected chi connectivity index (χ3v) is 14.1. The molecule has 1 atom stereocenters. The van der Waals surface area contributed by atoms with Crippen LogP contribution in [0.3, 0.4) is 0 Å². The fourth-order valence-electron chi connectivity index (χ4n) is 9.11. The summed E-state index contributed by atoms with van der Waals surface area (Å²) >= 11 is 0. The molecule has 0 rings (SSSR count). The van der Waals surface area contributed by atoms with Crippen molar-refractivity contribution in [1.29, 1.82) is 0 Å². The summed E-state index contributed by atoms with van der Waals surface area (Å²) in [4.78, 5) is 38.3. The maximum absolute atomic E-state index is 12.9. The molecule has 0 saturated heterocycles. The first-order valence-electron chi connectivity index (χ1n) is 33.7. The summed E-state index contributed by atoms with van der Waals surface area (Å²) in [5, 5.41) is 0. The van der Waals surface area contributed by atoms with Gasteiger partial charge in [-0.05, 0) is 122 Å². The smallest absolute Gasteiger partial charge is 0.306 e. The summed E-state index contributed by atoms with van der Waals surface area (Å²) in [6.45, 7) is 6.50. The molecule has 6 nitrogen and oxygen atoms in total. The molecule has 81 heavy (non-hydrogen) atoms. The number of carbonyl (C=O) groups excluding carboxylic acids is 3. The highest BCUT2D eigenvalue weighted by molar-refractivity contribution is 5.71. The molecule has 0 saturated carbocycles. The van der Waals surface area contributed by atoms with Crippen molar-refractivity contribution in [3.63, 3.8) is 0 Å². The van der Waals surface area contributed by atoms with Crippen molar-refractivity contribution in [1.82, 2.24) is 0 Å². The van der Waals surface area contributed by atoms with E-state index in [-0.39, 0.29) is 31.1 Å². The van der Waals surface area contributed by atoms with Crippen LogP contribution in [-0.4, -0.2) is 37.2 Å². The van der Waals surface area contributed by atoms with Crippen LogP contribution < -0.4 is 0 Å². The number of hydrogen-bond acceptors (Lipinski definition) is 6. The number of ether oxygens (including phenoxy) is 3. The van der Waals surface area contributed by atoms with Crippen molar-refractivity contribution in [2.24, 2.45) is 0 Å². The minimum Gasteiger partial charge on any atom is -0.462 e. The molecule has 6 heteroatoms. The molecule has 0 aliphatic heterocycles. The Balaban J connectivity index is 4.35. The third-order valence-electron chi connectivity index (χ3n) is 14.1. The van der Waals surface area contributed by atoms with E-state index in [0.29, 0.717) is 19.3 Å². The maximum atomic E-state index is 12.9. The summed E-state index contributed by atoms with van der Waals surface area (Å²) in [5.74, 6) is -0.918. The number of unbranched alkanes of at least 4 members (excludes halogenated alkanes) is 27. The second kappa shape index (κ2) is 68.1. The Labute approximate surface area is 500 Å². The lowest BCUT2D eigenvalue weighted by Crippen LogP contribution is -2.30. The summed E-state index contributed by atoms with van der Waals surface area (Å²) in [6, 6.07) is 0. The van der Waals surface area contributed by atoms with Crippen molar-refractivity contribution in [2.45, 2.75) is 309 Å². The molecular weight excluding hydrogens is 997 g/mol. The van der Waals surface area contributed by atoms with Crippen LogP contribution in [0.15, 0.2) is 134 Å². The van der Waals surface area contributed by atoms with E-state index in [1.54, 1.807) is 0 Å².